The molecule has 0 bridgehead atoms. The van der Waals surface area contributed by atoms with Crippen molar-refractivity contribution in [1.29, 1.82) is 0 Å². The van der Waals surface area contributed by atoms with Crippen molar-refractivity contribution in [3.63, 3.8) is 0 Å². The van der Waals surface area contributed by atoms with Gasteiger partial charge in [0.15, 0.2) is 0 Å². The van der Waals surface area contributed by atoms with Crippen LogP contribution in [0.4, 0.5) is 0 Å². The van der Waals surface area contributed by atoms with Gasteiger partial charge in [-0.15, -0.1) is 5.10 Å². The number of nitrogens with two attached hydrogens (primary N) is 1. The van der Waals surface area contributed by atoms with Gasteiger partial charge in [0.05, 0.1) is 12.2 Å². The molecule has 2 fully saturated rings. The van der Waals surface area contributed by atoms with Gasteiger partial charge in [-0.2, -0.15) is 0 Å². The fourth-order valence-electron chi connectivity index (χ4n) is 3.38. The van der Waals surface area contributed by atoms with Crippen molar-refractivity contribution in [3.05, 3.63) is 11.9 Å². The van der Waals surface area contributed by atoms with Crippen LogP contribution in [0, 0.1) is 0 Å². The summed E-state index contributed by atoms with van der Waals surface area (Å²) in [6.45, 7) is 7.51. The smallest absolute Gasteiger partial charge is 0.0962 e. The summed E-state index contributed by atoms with van der Waals surface area (Å²) >= 11 is 0. The van der Waals surface area contributed by atoms with Crippen LogP contribution in [0.5, 0.6) is 0 Å². The van der Waals surface area contributed by atoms with E-state index in [4.69, 9.17) is 5.73 Å². The Morgan fingerprint density at radius 2 is 2.00 bits per heavy atom. The minimum Gasteiger partial charge on any atom is -0.325 e. The molecule has 6 nitrogen and oxygen atoms in total. The molecule has 0 aromatic carbocycles. The molecule has 0 amide bonds. The van der Waals surface area contributed by atoms with E-state index in [-0.39, 0.29) is 0 Å². The van der Waals surface area contributed by atoms with Crippen molar-refractivity contribution in [2.24, 2.45) is 5.73 Å². The lowest BCUT2D eigenvalue weighted by Gasteiger charge is -2.32. The lowest BCUT2D eigenvalue weighted by Crippen LogP contribution is -2.41. The number of nitrogens with zero attached hydrogens (tertiary/aromatic N) is 5. The lowest BCUT2D eigenvalue weighted by atomic mass is 10.1. The Labute approximate surface area is 120 Å². The van der Waals surface area contributed by atoms with E-state index in [1.807, 2.05) is 10.9 Å². The van der Waals surface area contributed by atoms with Crippen molar-refractivity contribution in [3.8, 4) is 0 Å². The molecule has 1 aromatic rings. The molecule has 2 aliphatic rings. The number of piperidine rings is 1. The standard InChI is InChI=1S/C14H26N6/c15-10-13-11-20(17-16-13)9-8-18-7-4-14(12-18)19-5-2-1-3-6-19/h11,14H,1-10,12,15H2. The first kappa shape index (κ1) is 14.0. The number of hydrogen-bond donors (Lipinski definition) is 1. The summed E-state index contributed by atoms with van der Waals surface area (Å²) in [5.41, 5.74) is 6.42. The van der Waals surface area contributed by atoms with Crippen molar-refractivity contribution >= 4 is 0 Å². The predicted octanol–water partition coefficient (Wildman–Crippen LogP) is 0.297. The second kappa shape index (κ2) is 6.65. The zero-order valence-corrected chi connectivity index (χ0v) is 12.2. The maximum absolute atomic E-state index is 5.55. The van der Waals surface area contributed by atoms with E-state index >= 15 is 0 Å². The summed E-state index contributed by atoms with van der Waals surface area (Å²) in [5.74, 6) is 0. The van der Waals surface area contributed by atoms with Crippen LogP contribution >= 0.6 is 0 Å². The van der Waals surface area contributed by atoms with Gasteiger partial charge in [-0.05, 0) is 38.9 Å². The Morgan fingerprint density at radius 3 is 2.75 bits per heavy atom. The van der Waals surface area contributed by atoms with Gasteiger partial charge in [0.2, 0.25) is 0 Å². The Morgan fingerprint density at radius 1 is 1.15 bits per heavy atom. The molecular weight excluding hydrogens is 252 g/mol. The molecule has 6 heteroatoms. The Kier molecular flexibility index (Phi) is 4.65. The van der Waals surface area contributed by atoms with Crippen LogP contribution in [0.3, 0.4) is 0 Å². The highest BCUT2D eigenvalue weighted by molar-refractivity contribution is 4.90. The van der Waals surface area contributed by atoms with Crippen molar-refractivity contribution in [2.45, 2.75) is 44.8 Å². The lowest BCUT2D eigenvalue weighted by molar-refractivity contribution is 0.161. The molecule has 0 saturated carbocycles. The highest BCUT2D eigenvalue weighted by Crippen LogP contribution is 2.19. The maximum Gasteiger partial charge on any atom is 0.0962 e. The van der Waals surface area contributed by atoms with Gasteiger partial charge < -0.3 is 5.73 Å². The summed E-state index contributed by atoms with van der Waals surface area (Å²) in [5, 5.41) is 8.14. The second-order valence-corrected chi connectivity index (χ2v) is 6.02. The van der Waals surface area contributed by atoms with Crippen LogP contribution in [0.2, 0.25) is 0 Å². The third-order valence-electron chi connectivity index (χ3n) is 4.60. The molecule has 20 heavy (non-hydrogen) atoms. The highest BCUT2D eigenvalue weighted by atomic mass is 15.4. The molecule has 0 aliphatic carbocycles. The molecule has 2 saturated heterocycles. The molecular formula is C14H26N6. The Balaban J connectivity index is 1.43. The van der Waals surface area contributed by atoms with Gasteiger partial charge in [0, 0.05) is 31.9 Å². The van der Waals surface area contributed by atoms with E-state index < -0.39 is 0 Å². The first-order valence-corrected chi connectivity index (χ1v) is 7.90. The van der Waals surface area contributed by atoms with Gasteiger partial charge in [-0.1, -0.05) is 11.6 Å². The largest absolute Gasteiger partial charge is 0.325 e. The van der Waals surface area contributed by atoms with Crippen molar-refractivity contribution in [1.82, 2.24) is 24.8 Å². The van der Waals surface area contributed by atoms with E-state index in [0.717, 1.165) is 24.8 Å². The summed E-state index contributed by atoms with van der Waals surface area (Å²) in [7, 11) is 0. The predicted molar refractivity (Wildman–Crippen MR) is 78.2 cm³/mol. The number of likely N-dealkylation sites (tertiary alicyclic amines) is 2. The zero-order valence-electron chi connectivity index (χ0n) is 12.2. The third kappa shape index (κ3) is 3.37. The van der Waals surface area contributed by atoms with E-state index in [0.29, 0.717) is 6.54 Å². The molecule has 2 aliphatic heterocycles. The molecule has 1 atom stereocenters. The minimum atomic E-state index is 0.473. The number of hydrogen-bond acceptors (Lipinski definition) is 5. The Bertz CT molecular complexity index is 412. The summed E-state index contributed by atoms with van der Waals surface area (Å²) in [6, 6.07) is 0.783. The first-order valence-electron chi connectivity index (χ1n) is 7.90. The van der Waals surface area contributed by atoms with Gasteiger partial charge in [-0.3, -0.25) is 14.5 Å². The first-order chi connectivity index (χ1) is 9.85. The third-order valence-corrected chi connectivity index (χ3v) is 4.60. The molecule has 2 N–H and O–H groups in total. The van der Waals surface area contributed by atoms with Crippen LogP contribution < -0.4 is 5.73 Å². The van der Waals surface area contributed by atoms with Crippen LogP contribution in [0.25, 0.3) is 0 Å². The van der Waals surface area contributed by atoms with E-state index in [2.05, 4.69) is 20.1 Å². The molecule has 3 heterocycles. The van der Waals surface area contributed by atoms with Crippen molar-refractivity contribution in [2.75, 3.05) is 32.7 Å². The molecule has 0 radical (unpaired) electrons. The van der Waals surface area contributed by atoms with Crippen LogP contribution in [-0.2, 0) is 13.1 Å². The van der Waals surface area contributed by atoms with E-state index in [9.17, 15) is 0 Å². The van der Waals surface area contributed by atoms with Crippen LogP contribution in [0.15, 0.2) is 6.20 Å². The summed E-state index contributed by atoms with van der Waals surface area (Å²) in [4.78, 5) is 5.26. The van der Waals surface area contributed by atoms with E-state index in [1.165, 1.54) is 51.9 Å². The van der Waals surface area contributed by atoms with E-state index in [1.54, 1.807) is 0 Å². The summed E-state index contributed by atoms with van der Waals surface area (Å²) < 4.78 is 1.91. The average molecular weight is 278 g/mol. The SMILES string of the molecule is NCc1cn(CCN2CCC(N3CCCCC3)C2)nn1. The molecule has 3 rings (SSSR count). The quantitative estimate of drug-likeness (QED) is 0.839. The highest BCUT2D eigenvalue weighted by Gasteiger charge is 2.28. The molecule has 1 unspecified atom stereocenters. The second-order valence-electron chi connectivity index (χ2n) is 6.02. The molecule has 0 spiro atoms. The maximum atomic E-state index is 5.55. The Hall–Kier alpha value is -0.980. The minimum absolute atomic E-state index is 0.473. The van der Waals surface area contributed by atoms with Gasteiger partial charge >= 0.3 is 0 Å². The summed E-state index contributed by atoms with van der Waals surface area (Å²) in [6.07, 6.45) is 7.47. The number of aromatic nitrogens is 3. The fraction of sp³-hybridized carbons (Fsp3) is 0.857. The molecule has 1 aromatic heterocycles. The fourth-order valence-corrected chi connectivity index (χ4v) is 3.38. The van der Waals surface area contributed by atoms with Crippen molar-refractivity contribution < 1.29 is 0 Å². The van der Waals surface area contributed by atoms with Crippen LogP contribution in [0.1, 0.15) is 31.4 Å². The van der Waals surface area contributed by atoms with Gasteiger partial charge in [-0.25, -0.2) is 0 Å². The van der Waals surface area contributed by atoms with Crippen LogP contribution in [-0.4, -0.2) is 63.6 Å². The monoisotopic (exact) mass is 278 g/mol. The average Bonchev–Trinajstić information content (AvgIpc) is 3.15. The zero-order chi connectivity index (χ0) is 13.8. The van der Waals surface area contributed by atoms with Gasteiger partial charge in [0.25, 0.3) is 0 Å². The number of rotatable bonds is 5. The topological polar surface area (TPSA) is 63.2 Å². The molecule has 112 valence electrons. The normalized spacial score (nSPS) is 25.4. The van der Waals surface area contributed by atoms with Gasteiger partial charge in [0.1, 0.15) is 0 Å².